The zero-order valence-corrected chi connectivity index (χ0v) is 14.2. The fourth-order valence-electron chi connectivity index (χ4n) is 2.80. The quantitative estimate of drug-likeness (QED) is 0.895. The van der Waals surface area contributed by atoms with Gasteiger partial charge in [-0.3, -0.25) is 4.98 Å². The average molecular weight is 326 g/mol. The SMILES string of the molecule is CC(C)(C)OC(=O)NC1(c2cnccc2-c2ccccc2O)CC1. The lowest BCUT2D eigenvalue weighted by Crippen LogP contribution is -2.39. The molecule has 1 amide bonds. The van der Waals surface area contributed by atoms with Gasteiger partial charge in [-0.1, -0.05) is 18.2 Å². The first-order valence-corrected chi connectivity index (χ1v) is 8.05. The zero-order valence-electron chi connectivity index (χ0n) is 14.2. The number of alkyl carbamates (subject to hydrolysis) is 1. The van der Waals surface area contributed by atoms with E-state index in [0.29, 0.717) is 0 Å². The molecule has 1 fully saturated rings. The molecule has 0 saturated heterocycles. The minimum atomic E-state index is -0.546. The number of hydrogen-bond acceptors (Lipinski definition) is 4. The van der Waals surface area contributed by atoms with E-state index in [2.05, 4.69) is 10.3 Å². The van der Waals surface area contributed by atoms with Crippen molar-refractivity contribution in [2.24, 2.45) is 0 Å². The fourth-order valence-corrected chi connectivity index (χ4v) is 2.80. The second-order valence-corrected chi connectivity index (χ2v) is 7.15. The molecule has 1 aromatic heterocycles. The van der Waals surface area contributed by atoms with Crippen LogP contribution in [0, 0.1) is 0 Å². The molecule has 24 heavy (non-hydrogen) atoms. The lowest BCUT2D eigenvalue weighted by molar-refractivity contribution is 0.0495. The van der Waals surface area contributed by atoms with Crippen LogP contribution in [-0.2, 0) is 10.3 Å². The van der Waals surface area contributed by atoms with E-state index in [9.17, 15) is 9.90 Å². The van der Waals surface area contributed by atoms with Crippen LogP contribution < -0.4 is 5.32 Å². The molecule has 1 aliphatic rings. The van der Waals surface area contributed by atoms with Gasteiger partial charge in [0.1, 0.15) is 11.4 Å². The summed E-state index contributed by atoms with van der Waals surface area (Å²) >= 11 is 0. The minimum Gasteiger partial charge on any atom is -0.507 e. The molecule has 0 spiro atoms. The molecule has 1 aliphatic carbocycles. The van der Waals surface area contributed by atoms with Crippen molar-refractivity contribution in [3.05, 3.63) is 48.3 Å². The van der Waals surface area contributed by atoms with Gasteiger partial charge in [0.25, 0.3) is 0 Å². The second kappa shape index (κ2) is 5.82. The summed E-state index contributed by atoms with van der Waals surface area (Å²) in [7, 11) is 0. The molecule has 0 radical (unpaired) electrons. The van der Waals surface area contributed by atoms with E-state index in [1.165, 1.54) is 0 Å². The van der Waals surface area contributed by atoms with Gasteiger partial charge >= 0.3 is 6.09 Å². The Balaban J connectivity index is 1.93. The van der Waals surface area contributed by atoms with Gasteiger partial charge in [0.05, 0.1) is 5.54 Å². The van der Waals surface area contributed by atoms with Crippen molar-refractivity contribution in [1.82, 2.24) is 10.3 Å². The van der Waals surface area contributed by atoms with Gasteiger partial charge < -0.3 is 15.2 Å². The van der Waals surface area contributed by atoms with Crippen molar-refractivity contribution in [3.63, 3.8) is 0 Å². The lowest BCUT2D eigenvalue weighted by Gasteiger charge is -2.25. The number of carbonyl (C=O) groups is 1. The van der Waals surface area contributed by atoms with E-state index in [4.69, 9.17) is 4.74 Å². The third kappa shape index (κ3) is 3.35. The summed E-state index contributed by atoms with van der Waals surface area (Å²) in [5.74, 6) is 0.206. The number of aromatic hydroxyl groups is 1. The Morgan fingerprint density at radius 1 is 1.21 bits per heavy atom. The molecule has 0 aliphatic heterocycles. The summed E-state index contributed by atoms with van der Waals surface area (Å²) < 4.78 is 5.38. The van der Waals surface area contributed by atoms with Crippen molar-refractivity contribution in [3.8, 4) is 16.9 Å². The standard InChI is InChI=1S/C19H22N2O3/c1-18(2,3)24-17(23)21-19(9-10-19)15-12-20-11-8-13(15)14-6-4-5-7-16(14)22/h4-8,11-12,22H,9-10H2,1-3H3,(H,21,23). The number of aromatic nitrogens is 1. The van der Waals surface area contributed by atoms with Gasteiger partial charge in [-0.25, -0.2) is 4.79 Å². The molecule has 3 rings (SSSR count). The third-order valence-corrected chi connectivity index (χ3v) is 4.02. The van der Waals surface area contributed by atoms with Gasteiger partial charge in [-0.2, -0.15) is 0 Å². The highest BCUT2D eigenvalue weighted by molar-refractivity contribution is 5.76. The van der Waals surface area contributed by atoms with Crippen molar-refractivity contribution >= 4 is 6.09 Å². The molecule has 2 aromatic rings. The van der Waals surface area contributed by atoms with E-state index in [1.54, 1.807) is 24.5 Å². The Morgan fingerprint density at radius 2 is 1.92 bits per heavy atom. The Bertz CT molecular complexity index is 761. The zero-order chi connectivity index (χ0) is 17.4. The highest BCUT2D eigenvalue weighted by Crippen LogP contribution is 2.49. The second-order valence-electron chi connectivity index (χ2n) is 7.15. The van der Waals surface area contributed by atoms with Crippen LogP contribution in [0.5, 0.6) is 5.75 Å². The molecule has 1 heterocycles. The summed E-state index contributed by atoms with van der Waals surface area (Å²) in [4.78, 5) is 16.4. The van der Waals surface area contributed by atoms with Gasteiger partial charge in [0.15, 0.2) is 0 Å². The number of ether oxygens (including phenoxy) is 1. The maximum atomic E-state index is 12.2. The first kappa shape index (κ1) is 16.3. The summed E-state index contributed by atoms with van der Waals surface area (Å²) in [5.41, 5.74) is 1.48. The molecule has 5 nitrogen and oxygen atoms in total. The summed E-state index contributed by atoms with van der Waals surface area (Å²) in [6.07, 6.45) is 4.64. The smallest absolute Gasteiger partial charge is 0.408 e. The number of nitrogens with zero attached hydrogens (tertiary/aromatic N) is 1. The van der Waals surface area contributed by atoms with E-state index < -0.39 is 17.2 Å². The van der Waals surface area contributed by atoms with Crippen LogP contribution in [0.1, 0.15) is 39.2 Å². The Hall–Kier alpha value is -2.56. The number of nitrogens with one attached hydrogen (secondary N) is 1. The number of rotatable bonds is 3. The first-order valence-electron chi connectivity index (χ1n) is 8.05. The Kier molecular flexibility index (Phi) is 3.95. The largest absolute Gasteiger partial charge is 0.507 e. The highest BCUT2D eigenvalue weighted by Gasteiger charge is 2.48. The predicted octanol–water partition coefficient (Wildman–Crippen LogP) is 3.97. The first-order chi connectivity index (χ1) is 11.3. The molecule has 0 bridgehead atoms. The Labute approximate surface area is 141 Å². The van der Waals surface area contributed by atoms with Crippen molar-refractivity contribution < 1.29 is 14.6 Å². The number of phenols is 1. The van der Waals surface area contributed by atoms with Gasteiger partial charge in [-0.15, -0.1) is 0 Å². The van der Waals surface area contributed by atoms with E-state index in [1.807, 2.05) is 39.0 Å². The number of para-hydroxylation sites is 1. The molecule has 2 N–H and O–H groups in total. The van der Waals surface area contributed by atoms with Crippen LogP contribution >= 0.6 is 0 Å². The number of phenolic OH excluding ortho intramolecular Hbond substituents is 1. The number of hydrogen-bond donors (Lipinski definition) is 2. The lowest BCUT2D eigenvalue weighted by atomic mass is 9.95. The van der Waals surface area contributed by atoms with Crippen LogP contribution in [-0.4, -0.2) is 21.8 Å². The van der Waals surface area contributed by atoms with Gasteiger partial charge in [0.2, 0.25) is 0 Å². The topological polar surface area (TPSA) is 71.5 Å². The molecule has 1 aromatic carbocycles. The number of benzene rings is 1. The number of amides is 1. The molecule has 0 unspecified atom stereocenters. The molecule has 0 atom stereocenters. The Morgan fingerprint density at radius 3 is 2.54 bits per heavy atom. The highest BCUT2D eigenvalue weighted by atomic mass is 16.6. The van der Waals surface area contributed by atoms with Crippen LogP contribution in [0.2, 0.25) is 0 Å². The van der Waals surface area contributed by atoms with Crippen LogP contribution in [0.4, 0.5) is 4.79 Å². The van der Waals surface area contributed by atoms with Crippen molar-refractivity contribution in [2.75, 3.05) is 0 Å². The molecule has 126 valence electrons. The number of carbonyl (C=O) groups excluding carboxylic acids is 1. The molecular formula is C19H22N2O3. The van der Waals surface area contributed by atoms with Gasteiger partial charge in [-0.05, 0) is 51.3 Å². The van der Waals surface area contributed by atoms with E-state index in [-0.39, 0.29) is 5.75 Å². The molecule has 5 heteroatoms. The van der Waals surface area contributed by atoms with E-state index >= 15 is 0 Å². The summed E-state index contributed by atoms with van der Waals surface area (Å²) in [6.45, 7) is 5.51. The van der Waals surface area contributed by atoms with E-state index in [0.717, 1.165) is 29.5 Å². The predicted molar refractivity (Wildman–Crippen MR) is 91.6 cm³/mol. The maximum absolute atomic E-state index is 12.2. The normalized spacial score (nSPS) is 15.6. The average Bonchev–Trinajstić information content (AvgIpc) is 3.26. The van der Waals surface area contributed by atoms with Crippen LogP contribution in [0.15, 0.2) is 42.7 Å². The van der Waals surface area contributed by atoms with Crippen LogP contribution in [0.25, 0.3) is 11.1 Å². The fraction of sp³-hybridized carbons (Fsp3) is 0.368. The summed E-state index contributed by atoms with van der Waals surface area (Å²) in [5, 5.41) is 13.2. The molecule has 1 saturated carbocycles. The maximum Gasteiger partial charge on any atom is 0.408 e. The summed E-state index contributed by atoms with van der Waals surface area (Å²) in [6, 6.07) is 9.03. The minimum absolute atomic E-state index is 0.206. The third-order valence-electron chi connectivity index (χ3n) is 4.02. The van der Waals surface area contributed by atoms with Gasteiger partial charge in [0, 0.05) is 23.5 Å². The van der Waals surface area contributed by atoms with Crippen molar-refractivity contribution in [1.29, 1.82) is 0 Å². The number of pyridine rings is 1. The van der Waals surface area contributed by atoms with Crippen LogP contribution in [0.3, 0.4) is 0 Å². The van der Waals surface area contributed by atoms with Crippen molar-refractivity contribution in [2.45, 2.75) is 44.8 Å². The molecular weight excluding hydrogens is 304 g/mol. The monoisotopic (exact) mass is 326 g/mol.